The van der Waals surface area contributed by atoms with E-state index >= 15 is 0 Å². The highest BCUT2D eigenvalue weighted by Crippen LogP contribution is 1.87. The SMILES string of the molecule is CC(C)OCCOCC(=O)NCCCO. The van der Waals surface area contributed by atoms with Crippen molar-refractivity contribution in [2.45, 2.75) is 26.4 Å². The van der Waals surface area contributed by atoms with Gasteiger partial charge in [0.25, 0.3) is 0 Å². The van der Waals surface area contributed by atoms with Gasteiger partial charge in [0.15, 0.2) is 0 Å². The molecule has 0 aromatic heterocycles. The molecule has 5 heteroatoms. The number of amides is 1. The molecular formula is C10H21NO4. The maximum Gasteiger partial charge on any atom is 0.246 e. The van der Waals surface area contributed by atoms with Crippen molar-refractivity contribution in [3.63, 3.8) is 0 Å². The van der Waals surface area contributed by atoms with E-state index in [1.807, 2.05) is 13.8 Å². The number of carbonyl (C=O) groups excluding carboxylic acids is 1. The number of nitrogens with one attached hydrogen (secondary N) is 1. The summed E-state index contributed by atoms with van der Waals surface area (Å²) in [6, 6.07) is 0. The molecule has 0 heterocycles. The molecule has 0 unspecified atom stereocenters. The molecule has 15 heavy (non-hydrogen) atoms. The molecule has 0 bridgehead atoms. The highest BCUT2D eigenvalue weighted by Gasteiger charge is 2.00. The molecule has 0 saturated carbocycles. The van der Waals surface area contributed by atoms with E-state index in [1.54, 1.807) is 0 Å². The lowest BCUT2D eigenvalue weighted by Crippen LogP contribution is -2.29. The first-order valence-electron chi connectivity index (χ1n) is 5.23. The first-order chi connectivity index (χ1) is 7.16. The lowest BCUT2D eigenvalue weighted by Gasteiger charge is -2.08. The number of ether oxygens (including phenoxy) is 2. The molecule has 0 aliphatic rings. The summed E-state index contributed by atoms with van der Waals surface area (Å²) < 4.78 is 10.3. The Morgan fingerprint density at radius 1 is 1.40 bits per heavy atom. The molecule has 90 valence electrons. The van der Waals surface area contributed by atoms with Crippen LogP contribution in [0.3, 0.4) is 0 Å². The van der Waals surface area contributed by atoms with Crippen LogP contribution in [0.2, 0.25) is 0 Å². The Balaban J connectivity index is 3.17. The van der Waals surface area contributed by atoms with E-state index in [-0.39, 0.29) is 25.2 Å². The number of aliphatic hydroxyl groups is 1. The summed E-state index contributed by atoms with van der Waals surface area (Å²) in [4.78, 5) is 11.1. The van der Waals surface area contributed by atoms with Crippen molar-refractivity contribution in [1.29, 1.82) is 0 Å². The zero-order valence-electron chi connectivity index (χ0n) is 9.49. The van der Waals surface area contributed by atoms with Gasteiger partial charge in [-0.1, -0.05) is 0 Å². The molecule has 0 aliphatic carbocycles. The van der Waals surface area contributed by atoms with Crippen LogP contribution in [0.1, 0.15) is 20.3 Å². The molecule has 0 radical (unpaired) electrons. The number of hydrogen-bond acceptors (Lipinski definition) is 4. The van der Waals surface area contributed by atoms with Crippen LogP contribution in [-0.4, -0.2) is 50.1 Å². The van der Waals surface area contributed by atoms with Gasteiger partial charge >= 0.3 is 0 Å². The van der Waals surface area contributed by atoms with E-state index in [4.69, 9.17) is 14.6 Å². The second-order valence-corrected chi connectivity index (χ2v) is 3.40. The zero-order valence-corrected chi connectivity index (χ0v) is 9.49. The van der Waals surface area contributed by atoms with Crippen molar-refractivity contribution < 1.29 is 19.4 Å². The summed E-state index contributed by atoms with van der Waals surface area (Å²) >= 11 is 0. The van der Waals surface area contributed by atoms with E-state index < -0.39 is 0 Å². The lowest BCUT2D eigenvalue weighted by molar-refractivity contribution is -0.126. The van der Waals surface area contributed by atoms with Gasteiger partial charge in [-0.05, 0) is 20.3 Å². The fraction of sp³-hybridized carbons (Fsp3) is 0.900. The van der Waals surface area contributed by atoms with Crippen molar-refractivity contribution in [2.24, 2.45) is 0 Å². The summed E-state index contributed by atoms with van der Waals surface area (Å²) in [5.74, 6) is -0.159. The number of hydrogen-bond donors (Lipinski definition) is 2. The molecular weight excluding hydrogens is 198 g/mol. The lowest BCUT2D eigenvalue weighted by atomic mass is 10.4. The Morgan fingerprint density at radius 2 is 2.13 bits per heavy atom. The second kappa shape index (κ2) is 9.89. The molecule has 0 atom stereocenters. The van der Waals surface area contributed by atoms with E-state index in [1.165, 1.54) is 0 Å². The van der Waals surface area contributed by atoms with Gasteiger partial charge in [0.05, 0.1) is 19.3 Å². The Hall–Kier alpha value is -0.650. The minimum Gasteiger partial charge on any atom is -0.396 e. The van der Waals surface area contributed by atoms with Gasteiger partial charge in [-0.25, -0.2) is 0 Å². The standard InChI is InChI=1S/C10H21NO4/c1-9(2)15-7-6-14-8-10(13)11-4-3-5-12/h9,12H,3-8H2,1-2H3,(H,11,13). The molecule has 0 rings (SSSR count). The van der Waals surface area contributed by atoms with E-state index in [9.17, 15) is 4.79 Å². The van der Waals surface area contributed by atoms with Crippen LogP contribution >= 0.6 is 0 Å². The average Bonchev–Trinajstić information content (AvgIpc) is 2.17. The minimum atomic E-state index is -0.159. The Kier molecular flexibility index (Phi) is 9.46. The van der Waals surface area contributed by atoms with Gasteiger partial charge in [0.2, 0.25) is 5.91 Å². The van der Waals surface area contributed by atoms with Crippen LogP contribution in [0.25, 0.3) is 0 Å². The number of aliphatic hydroxyl groups excluding tert-OH is 1. The van der Waals surface area contributed by atoms with Gasteiger partial charge in [-0.15, -0.1) is 0 Å². The van der Waals surface area contributed by atoms with Crippen LogP contribution in [-0.2, 0) is 14.3 Å². The molecule has 0 saturated heterocycles. The second-order valence-electron chi connectivity index (χ2n) is 3.40. The average molecular weight is 219 g/mol. The summed E-state index contributed by atoms with van der Waals surface area (Å²) in [5.41, 5.74) is 0. The Labute approximate surface area is 90.8 Å². The zero-order chi connectivity index (χ0) is 11.5. The third kappa shape index (κ3) is 11.3. The first-order valence-corrected chi connectivity index (χ1v) is 5.23. The molecule has 0 aliphatic heterocycles. The third-order valence-corrected chi connectivity index (χ3v) is 1.57. The van der Waals surface area contributed by atoms with E-state index in [0.29, 0.717) is 26.2 Å². The van der Waals surface area contributed by atoms with Crippen molar-refractivity contribution in [2.75, 3.05) is 33.0 Å². The van der Waals surface area contributed by atoms with Crippen molar-refractivity contribution in [1.82, 2.24) is 5.32 Å². The highest BCUT2D eigenvalue weighted by atomic mass is 16.5. The Morgan fingerprint density at radius 3 is 2.73 bits per heavy atom. The topological polar surface area (TPSA) is 67.8 Å². The van der Waals surface area contributed by atoms with Crippen LogP contribution < -0.4 is 5.32 Å². The van der Waals surface area contributed by atoms with Crippen molar-refractivity contribution >= 4 is 5.91 Å². The van der Waals surface area contributed by atoms with Crippen molar-refractivity contribution in [3.8, 4) is 0 Å². The molecule has 0 fully saturated rings. The largest absolute Gasteiger partial charge is 0.396 e. The van der Waals surface area contributed by atoms with Gasteiger partial charge < -0.3 is 19.9 Å². The maximum absolute atomic E-state index is 11.1. The molecule has 0 aromatic rings. The van der Waals surface area contributed by atoms with E-state index in [2.05, 4.69) is 5.32 Å². The minimum absolute atomic E-state index is 0.0485. The van der Waals surface area contributed by atoms with Crippen molar-refractivity contribution in [3.05, 3.63) is 0 Å². The van der Waals surface area contributed by atoms with E-state index in [0.717, 1.165) is 0 Å². The van der Waals surface area contributed by atoms with Crippen LogP contribution in [0.5, 0.6) is 0 Å². The van der Waals surface area contributed by atoms with Crippen LogP contribution in [0, 0.1) is 0 Å². The van der Waals surface area contributed by atoms with Gasteiger partial charge in [-0.2, -0.15) is 0 Å². The van der Waals surface area contributed by atoms with Gasteiger partial charge in [0, 0.05) is 13.2 Å². The monoisotopic (exact) mass is 219 g/mol. The van der Waals surface area contributed by atoms with Gasteiger partial charge in [-0.3, -0.25) is 4.79 Å². The fourth-order valence-electron chi connectivity index (χ4n) is 0.866. The first kappa shape index (κ1) is 14.3. The highest BCUT2D eigenvalue weighted by molar-refractivity contribution is 5.77. The number of carbonyl (C=O) groups is 1. The quantitative estimate of drug-likeness (QED) is 0.533. The molecule has 0 aromatic carbocycles. The smallest absolute Gasteiger partial charge is 0.246 e. The van der Waals surface area contributed by atoms with Crippen LogP contribution in [0.4, 0.5) is 0 Å². The summed E-state index contributed by atoms with van der Waals surface area (Å²) in [7, 11) is 0. The fourth-order valence-corrected chi connectivity index (χ4v) is 0.866. The van der Waals surface area contributed by atoms with Gasteiger partial charge in [0.1, 0.15) is 6.61 Å². The third-order valence-electron chi connectivity index (χ3n) is 1.57. The normalized spacial score (nSPS) is 10.7. The summed E-state index contributed by atoms with van der Waals surface area (Å²) in [6.45, 7) is 5.44. The molecule has 0 spiro atoms. The molecule has 2 N–H and O–H groups in total. The van der Waals surface area contributed by atoms with Crippen LogP contribution in [0.15, 0.2) is 0 Å². The molecule has 5 nitrogen and oxygen atoms in total. The Bertz CT molecular complexity index is 162. The summed E-state index contributed by atoms with van der Waals surface area (Å²) in [6.07, 6.45) is 0.759. The maximum atomic E-state index is 11.1. The predicted molar refractivity (Wildman–Crippen MR) is 56.6 cm³/mol. The number of rotatable bonds is 9. The summed E-state index contributed by atoms with van der Waals surface area (Å²) in [5, 5.41) is 11.1. The molecule has 1 amide bonds. The predicted octanol–water partition coefficient (Wildman–Crippen LogP) is -0.0734.